The van der Waals surface area contributed by atoms with Crippen LogP contribution in [0.3, 0.4) is 0 Å². The molecule has 3 aromatic rings. The van der Waals surface area contributed by atoms with Crippen LogP contribution in [0.5, 0.6) is 0 Å². The topological polar surface area (TPSA) is 102 Å². The Bertz CT molecular complexity index is 999. The minimum absolute atomic E-state index is 0.290. The molecule has 1 aromatic heterocycles. The Morgan fingerprint density at radius 2 is 1.96 bits per heavy atom. The lowest BCUT2D eigenvalue weighted by atomic mass is 10.1. The van der Waals surface area contributed by atoms with Gasteiger partial charge in [-0.05, 0) is 29.8 Å². The summed E-state index contributed by atoms with van der Waals surface area (Å²) >= 11 is 5.91. The summed E-state index contributed by atoms with van der Waals surface area (Å²) in [7, 11) is -3.30. The first-order chi connectivity index (χ1) is 11.3. The van der Waals surface area contributed by atoms with Gasteiger partial charge in [0.15, 0.2) is 15.7 Å². The molecule has 1 heterocycles. The third kappa shape index (κ3) is 3.42. The highest BCUT2D eigenvalue weighted by atomic mass is 35.5. The number of nitrogens with two attached hydrogens (primary N) is 1. The maximum Gasteiger partial charge on any atom is 0.181 e. The van der Waals surface area contributed by atoms with E-state index in [1.54, 1.807) is 42.5 Å². The van der Waals surface area contributed by atoms with Gasteiger partial charge in [-0.25, -0.2) is 13.4 Å². The van der Waals surface area contributed by atoms with Crippen LogP contribution in [-0.2, 0) is 16.3 Å². The SMILES string of the molecule is CS(=O)(=O)c1ccccc1Cc1nc(-c2ccc(Cl)c(N)c2)n[nH]1. The van der Waals surface area contributed by atoms with Gasteiger partial charge in [0.1, 0.15) is 5.82 Å². The fourth-order valence-corrected chi connectivity index (χ4v) is 3.44. The highest BCUT2D eigenvalue weighted by molar-refractivity contribution is 7.90. The quantitative estimate of drug-likeness (QED) is 0.695. The smallest absolute Gasteiger partial charge is 0.181 e. The Hall–Kier alpha value is -2.38. The molecule has 3 rings (SSSR count). The molecule has 0 atom stereocenters. The van der Waals surface area contributed by atoms with Crippen molar-refractivity contribution < 1.29 is 8.42 Å². The number of hydrogen-bond donors (Lipinski definition) is 2. The highest BCUT2D eigenvalue weighted by Gasteiger charge is 2.15. The second kappa shape index (κ2) is 6.26. The van der Waals surface area contributed by atoms with Crippen LogP contribution < -0.4 is 5.73 Å². The molecule has 0 bridgehead atoms. The van der Waals surface area contributed by atoms with E-state index in [4.69, 9.17) is 17.3 Å². The van der Waals surface area contributed by atoms with Crippen molar-refractivity contribution in [2.45, 2.75) is 11.3 Å². The number of nitrogen functional groups attached to an aromatic ring is 1. The van der Waals surface area contributed by atoms with Gasteiger partial charge in [-0.3, -0.25) is 5.10 Å². The second-order valence-electron chi connectivity index (χ2n) is 5.40. The van der Waals surface area contributed by atoms with E-state index in [0.717, 1.165) is 5.56 Å². The van der Waals surface area contributed by atoms with Gasteiger partial charge in [0.25, 0.3) is 0 Å². The fourth-order valence-electron chi connectivity index (χ4n) is 2.38. The Morgan fingerprint density at radius 3 is 2.67 bits per heavy atom. The lowest BCUT2D eigenvalue weighted by Crippen LogP contribution is -2.03. The molecule has 0 unspecified atom stereocenters. The number of halogens is 1. The van der Waals surface area contributed by atoms with E-state index in [-0.39, 0.29) is 0 Å². The standard InChI is InChI=1S/C16H15ClN4O2S/c1-24(22,23)14-5-3-2-4-10(14)9-15-19-16(21-20-15)11-6-7-12(17)13(18)8-11/h2-8H,9,18H2,1H3,(H,19,20,21). The van der Waals surface area contributed by atoms with Crippen LogP contribution in [0, 0.1) is 0 Å². The number of benzene rings is 2. The first-order valence-corrected chi connectivity index (χ1v) is 9.36. The van der Waals surface area contributed by atoms with Crippen molar-refractivity contribution >= 4 is 27.1 Å². The van der Waals surface area contributed by atoms with E-state index in [1.165, 1.54) is 6.26 Å². The van der Waals surface area contributed by atoms with Gasteiger partial charge in [-0.15, -0.1) is 0 Å². The average molecular weight is 363 g/mol. The first-order valence-electron chi connectivity index (χ1n) is 7.09. The molecule has 124 valence electrons. The summed E-state index contributed by atoms with van der Waals surface area (Å²) in [4.78, 5) is 4.70. The summed E-state index contributed by atoms with van der Waals surface area (Å²) in [6.45, 7) is 0. The van der Waals surface area contributed by atoms with Crippen molar-refractivity contribution in [1.29, 1.82) is 0 Å². The van der Waals surface area contributed by atoms with Crippen LogP contribution in [-0.4, -0.2) is 29.9 Å². The Morgan fingerprint density at radius 1 is 1.21 bits per heavy atom. The minimum Gasteiger partial charge on any atom is -0.398 e. The van der Waals surface area contributed by atoms with Crippen molar-refractivity contribution in [3.63, 3.8) is 0 Å². The molecule has 24 heavy (non-hydrogen) atoms. The molecule has 3 N–H and O–H groups in total. The summed E-state index contributed by atoms with van der Waals surface area (Å²) in [5.41, 5.74) is 7.64. The molecule has 0 radical (unpaired) electrons. The average Bonchev–Trinajstić information content (AvgIpc) is 2.98. The molecule has 0 saturated carbocycles. The van der Waals surface area contributed by atoms with E-state index in [9.17, 15) is 8.42 Å². The monoisotopic (exact) mass is 362 g/mol. The number of aromatic nitrogens is 3. The number of nitrogens with one attached hydrogen (secondary N) is 1. The number of anilines is 1. The van der Waals surface area contributed by atoms with Crippen molar-refractivity contribution in [3.8, 4) is 11.4 Å². The fraction of sp³-hybridized carbons (Fsp3) is 0.125. The summed E-state index contributed by atoms with van der Waals surface area (Å²) in [6, 6.07) is 12.0. The molecule has 0 amide bonds. The van der Waals surface area contributed by atoms with Crippen LogP contribution in [0.4, 0.5) is 5.69 Å². The lowest BCUT2D eigenvalue weighted by Gasteiger charge is -2.05. The molecule has 0 saturated heterocycles. The zero-order chi connectivity index (χ0) is 17.3. The largest absolute Gasteiger partial charge is 0.398 e. The molecule has 0 aliphatic heterocycles. The van der Waals surface area contributed by atoms with Crippen LogP contribution >= 0.6 is 11.6 Å². The van der Waals surface area contributed by atoms with Crippen LogP contribution in [0.2, 0.25) is 5.02 Å². The van der Waals surface area contributed by atoms with E-state index < -0.39 is 9.84 Å². The van der Waals surface area contributed by atoms with Gasteiger partial charge >= 0.3 is 0 Å². The van der Waals surface area contributed by atoms with Gasteiger partial charge in [-0.2, -0.15) is 5.10 Å². The molecule has 0 aliphatic rings. The molecule has 2 aromatic carbocycles. The molecular weight excluding hydrogens is 348 g/mol. The van der Waals surface area contributed by atoms with E-state index in [2.05, 4.69) is 15.2 Å². The predicted octanol–water partition coefficient (Wildman–Crippen LogP) is 2.70. The Labute approximate surface area is 144 Å². The van der Waals surface area contributed by atoms with Crippen molar-refractivity contribution in [1.82, 2.24) is 15.2 Å². The molecule has 0 spiro atoms. The first kappa shape index (κ1) is 16.5. The summed E-state index contributed by atoms with van der Waals surface area (Å²) in [5.74, 6) is 1.04. The molecular formula is C16H15ClN4O2S. The van der Waals surface area contributed by atoms with Crippen LogP contribution in [0.25, 0.3) is 11.4 Å². The normalized spacial score (nSPS) is 11.6. The van der Waals surface area contributed by atoms with E-state index in [1.807, 2.05) is 0 Å². The molecule has 8 heteroatoms. The van der Waals surface area contributed by atoms with Crippen molar-refractivity contribution in [2.75, 3.05) is 12.0 Å². The minimum atomic E-state index is -3.30. The Kier molecular flexibility index (Phi) is 4.29. The number of rotatable bonds is 4. The van der Waals surface area contributed by atoms with Crippen molar-refractivity contribution in [3.05, 3.63) is 58.9 Å². The number of aromatic amines is 1. The number of nitrogens with zero attached hydrogens (tertiary/aromatic N) is 2. The molecule has 0 aliphatic carbocycles. The lowest BCUT2D eigenvalue weighted by molar-refractivity contribution is 0.601. The van der Waals surface area contributed by atoms with Gasteiger partial charge in [-0.1, -0.05) is 29.8 Å². The zero-order valence-corrected chi connectivity index (χ0v) is 14.4. The maximum absolute atomic E-state index is 11.9. The molecule has 0 fully saturated rings. The van der Waals surface area contributed by atoms with Crippen molar-refractivity contribution in [2.24, 2.45) is 0 Å². The van der Waals surface area contributed by atoms with Crippen LogP contribution in [0.1, 0.15) is 11.4 Å². The summed E-state index contributed by atoms with van der Waals surface area (Å²) in [5, 5.41) is 7.47. The Balaban J connectivity index is 1.91. The third-order valence-corrected chi connectivity index (χ3v) is 5.06. The predicted molar refractivity (Wildman–Crippen MR) is 93.6 cm³/mol. The van der Waals surface area contributed by atoms with Gasteiger partial charge in [0, 0.05) is 18.2 Å². The van der Waals surface area contributed by atoms with Gasteiger partial charge in [0.2, 0.25) is 0 Å². The summed E-state index contributed by atoms with van der Waals surface area (Å²) < 4.78 is 23.7. The third-order valence-electron chi connectivity index (χ3n) is 3.52. The summed E-state index contributed by atoms with van der Waals surface area (Å²) in [6.07, 6.45) is 1.52. The molecule has 6 nitrogen and oxygen atoms in total. The zero-order valence-electron chi connectivity index (χ0n) is 12.8. The number of sulfone groups is 1. The second-order valence-corrected chi connectivity index (χ2v) is 7.79. The van der Waals surface area contributed by atoms with Gasteiger partial charge < -0.3 is 5.73 Å². The van der Waals surface area contributed by atoms with E-state index in [0.29, 0.717) is 39.2 Å². The van der Waals surface area contributed by atoms with Gasteiger partial charge in [0.05, 0.1) is 15.6 Å². The highest BCUT2D eigenvalue weighted by Crippen LogP contribution is 2.25. The van der Waals surface area contributed by atoms with E-state index >= 15 is 0 Å². The number of hydrogen-bond acceptors (Lipinski definition) is 5. The van der Waals surface area contributed by atoms with Crippen LogP contribution in [0.15, 0.2) is 47.4 Å². The number of H-pyrrole nitrogens is 1. The maximum atomic E-state index is 11.9.